The summed E-state index contributed by atoms with van der Waals surface area (Å²) >= 11 is 0. The summed E-state index contributed by atoms with van der Waals surface area (Å²) in [7, 11) is 1.37. The van der Waals surface area contributed by atoms with E-state index in [4.69, 9.17) is 28.0 Å². The minimum atomic E-state index is -1.84. The van der Waals surface area contributed by atoms with Gasteiger partial charge in [0.15, 0.2) is 0 Å². The molecule has 16 nitrogen and oxygen atoms in total. The van der Waals surface area contributed by atoms with E-state index in [-0.39, 0.29) is 49.5 Å². The van der Waals surface area contributed by atoms with E-state index in [0.29, 0.717) is 17.1 Å². The van der Waals surface area contributed by atoms with Gasteiger partial charge in [-0.2, -0.15) is 0 Å². The molecular formula is C46H54N5O11P. The van der Waals surface area contributed by atoms with Crippen molar-refractivity contribution in [1.82, 2.24) is 19.5 Å². The van der Waals surface area contributed by atoms with E-state index in [9.17, 15) is 24.5 Å². The van der Waals surface area contributed by atoms with Crippen molar-refractivity contribution < 1.29 is 37.7 Å². The lowest BCUT2D eigenvalue weighted by Crippen LogP contribution is -2.40. The highest BCUT2D eigenvalue weighted by Crippen LogP contribution is 2.50. The molecule has 2 N–H and O–H groups in total. The first-order valence-electron chi connectivity index (χ1n) is 20.6. The van der Waals surface area contributed by atoms with Gasteiger partial charge in [-0.3, -0.25) is 29.3 Å². The van der Waals surface area contributed by atoms with Crippen LogP contribution in [0.4, 0.5) is 5.69 Å². The van der Waals surface area contributed by atoms with Gasteiger partial charge in [-0.05, 0) is 81.6 Å². The normalized spacial score (nSPS) is 17.0. The number of methoxy groups -OCH3 is 2. The largest absolute Gasteiger partial charge is 0.497 e. The van der Waals surface area contributed by atoms with E-state index in [1.165, 1.54) is 35.0 Å². The van der Waals surface area contributed by atoms with Crippen LogP contribution in [0, 0.1) is 17.0 Å². The summed E-state index contributed by atoms with van der Waals surface area (Å²) in [4.78, 5) is 51.9. The Hall–Kier alpha value is -5.74. The zero-order valence-electron chi connectivity index (χ0n) is 36.4. The number of H-pyrrole nitrogens is 1. The summed E-state index contributed by atoms with van der Waals surface area (Å²) in [6, 6.07) is 30.6. The highest BCUT2D eigenvalue weighted by atomic mass is 31.2. The number of nitrogens with one attached hydrogen (secondary N) is 2. The molecule has 2 heterocycles. The molecule has 4 atom stereocenters. The molecule has 17 heteroatoms. The van der Waals surface area contributed by atoms with Crippen molar-refractivity contribution in [3.63, 3.8) is 0 Å². The third-order valence-electron chi connectivity index (χ3n) is 10.7. The number of hydrogen-bond donors (Lipinski definition) is 2. The molecule has 1 aliphatic rings. The maximum atomic E-state index is 13.3. The van der Waals surface area contributed by atoms with Crippen LogP contribution in [0.2, 0.25) is 0 Å². The van der Waals surface area contributed by atoms with Crippen molar-refractivity contribution >= 4 is 20.1 Å². The number of nitro benzene ring substituents is 1. The first-order chi connectivity index (χ1) is 30.2. The molecule has 1 aromatic heterocycles. The van der Waals surface area contributed by atoms with Gasteiger partial charge in [0.1, 0.15) is 29.4 Å². The van der Waals surface area contributed by atoms with Crippen LogP contribution in [0.1, 0.15) is 73.0 Å². The molecule has 5 aromatic rings. The number of nitrogens with zero attached hydrogens (tertiary/aromatic N) is 3. The van der Waals surface area contributed by atoms with Gasteiger partial charge in [0, 0.05) is 54.5 Å². The summed E-state index contributed by atoms with van der Waals surface area (Å²) in [5.41, 5.74) is 0.424. The molecule has 1 fully saturated rings. The topological polar surface area (TPSA) is 186 Å². The molecule has 0 aliphatic carbocycles. The average molecular weight is 884 g/mol. The number of aromatic amines is 1. The number of benzene rings is 4. The number of ether oxygens (including phenoxy) is 4. The molecule has 0 radical (unpaired) electrons. The number of rotatable bonds is 20. The van der Waals surface area contributed by atoms with Crippen molar-refractivity contribution in [1.29, 1.82) is 0 Å². The second kappa shape index (κ2) is 21.1. The van der Waals surface area contributed by atoms with Crippen molar-refractivity contribution in [3.05, 3.63) is 168 Å². The highest BCUT2D eigenvalue weighted by Gasteiger charge is 2.45. The number of nitro groups is 1. The summed E-state index contributed by atoms with van der Waals surface area (Å²) in [5.74, 6) is 0.854. The van der Waals surface area contributed by atoms with Crippen LogP contribution < -0.4 is 26.0 Å². The highest BCUT2D eigenvalue weighted by molar-refractivity contribution is 7.44. The molecule has 1 unspecified atom stereocenters. The SMILES string of the molecule is COc1ccc(C(OC[C@H]2O[C@@H](n3cc(C)c(=O)[nH]c3=O)C[C@@H]2OP(OCCNC(=O)c2cccc([N+](=O)[O-])c2)N(C(C)C)C(C)C)(c2ccccc2)c2ccc(OC)cc2)cc1. The van der Waals surface area contributed by atoms with Crippen LogP contribution in [0.25, 0.3) is 0 Å². The predicted molar refractivity (Wildman–Crippen MR) is 238 cm³/mol. The van der Waals surface area contributed by atoms with Crippen LogP contribution in [0.15, 0.2) is 119 Å². The van der Waals surface area contributed by atoms with Crippen LogP contribution in [-0.2, 0) is 24.1 Å². The van der Waals surface area contributed by atoms with Crippen molar-refractivity contribution in [2.75, 3.05) is 34.0 Å². The number of non-ortho nitro benzene ring substituents is 1. The fraction of sp³-hybridized carbons (Fsp3) is 0.370. The fourth-order valence-electron chi connectivity index (χ4n) is 7.61. The fourth-order valence-corrected chi connectivity index (χ4v) is 9.36. The van der Waals surface area contributed by atoms with Gasteiger partial charge in [0.2, 0.25) is 0 Å². The molecule has 63 heavy (non-hydrogen) atoms. The zero-order chi connectivity index (χ0) is 45.3. The maximum absolute atomic E-state index is 13.3. The lowest BCUT2D eigenvalue weighted by Gasteiger charge is -2.39. The van der Waals surface area contributed by atoms with Gasteiger partial charge in [-0.15, -0.1) is 0 Å². The predicted octanol–water partition coefficient (Wildman–Crippen LogP) is 7.24. The molecule has 0 saturated carbocycles. The molecule has 6 rings (SSSR count). The third kappa shape index (κ3) is 10.9. The number of hydrogen-bond acceptors (Lipinski definition) is 12. The maximum Gasteiger partial charge on any atom is 0.330 e. The lowest BCUT2D eigenvalue weighted by atomic mass is 9.80. The smallest absolute Gasteiger partial charge is 0.330 e. The summed E-state index contributed by atoms with van der Waals surface area (Å²) in [6.45, 7) is 9.83. The average Bonchev–Trinajstić information content (AvgIpc) is 3.68. The van der Waals surface area contributed by atoms with E-state index in [2.05, 4.69) is 15.0 Å². The number of carbonyl (C=O) groups is 1. The minimum absolute atomic E-state index is 0.0307. The van der Waals surface area contributed by atoms with Gasteiger partial charge >= 0.3 is 5.69 Å². The van der Waals surface area contributed by atoms with Crippen molar-refractivity contribution in [3.8, 4) is 11.5 Å². The Morgan fingerprint density at radius 1 is 0.921 bits per heavy atom. The molecular weight excluding hydrogens is 830 g/mol. The lowest BCUT2D eigenvalue weighted by molar-refractivity contribution is -0.384. The van der Waals surface area contributed by atoms with Crippen LogP contribution in [0.5, 0.6) is 11.5 Å². The molecule has 0 bridgehead atoms. The van der Waals surface area contributed by atoms with E-state index in [1.807, 2.05) is 107 Å². The molecule has 1 amide bonds. The van der Waals surface area contributed by atoms with Crippen LogP contribution in [-0.4, -0.2) is 83.3 Å². The number of aromatic nitrogens is 2. The van der Waals surface area contributed by atoms with Gasteiger partial charge < -0.3 is 33.3 Å². The Morgan fingerprint density at radius 3 is 2.10 bits per heavy atom. The molecule has 0 spiro atoms. The van der Waals surface area contributed by atoms with Gasteiger partial charge in [0.05, 0.1) is 38.5 Å². The van der Waals surface area contributed by atoms with Crippen LogP contribution >= 0.6 is 8.53 Å². The molecule has 1 aliphatic heterocycles. The summed E-state index contributed by atoms with van der Waals surface area (Å²) in [6.07, 6.45) is -0.666. The first-order valence-corrected chi connectivity index (χ1v) is 21.8. The summed E-state index contributed by atoms with van der Waals surface area (Å²) in [5, 5.41) is 14.1. The van der Waals surface area contributed by atoms with E-state index < -0.39 is 54.6 Å². The second-order valence-corrected chi connectivity index (χ2v) is 16.9. The third-order valence-corrected chi connectivity index (χ3v) is 12.8. The monoisotopic (exact) mass is 883 g/mol. The van der Waals surface area contributed by atoms with Gasteiger partial charge in [-0.1, -0.05) is 60.7 Å². The zero-order valence-corrected chi connectivity index (χ0v) is 37.3. The Bertz CT molecular complexity index is 2370. The Morgan fingerprint density at radius 2 is 1.52 bits per heavy atom. The first kappa shape index (κ1) is 46.8. The second-order valence-electron chi connectivity index (χ2n) is 15.5. The quantitative estimate of drug-likeness (QED) is 0.0263. The number of aryl methyl sites for hydroxylation is 1. The van der Waals surface area contributed by atoms with E-state index in [0.717, 1.165) is 16.7 Å². The Balaban J connectivity index is 1.35. The van der Waals surface area contributed by atoms with Gasteiger partial charge in [0.25, 0.3) is 25.7 Å². The van der Waals surface area contributed by atoms with Crippen molar-refractivity contribution in [2.45, 2.75) is 77.2 Å². The molecule has 1 saturated heterocycles. The van der Waals surface area contributed by atoms with E-state index >= 15 is 0 Å². The molecule has 334 valence electrons. The standard InChI is InChI=1S/C46H54N5O11P/c1-30(2)50(31(3)4)63(60-25-24-47-44(53)33-12-11-15-37(26-33)51(55)56)62-40-27-42(49-28-32(5)43(52)48-45(49)54)61-41(40)29-59-46(34-13-9-8-10-14-34,35-16-20-38(57-6)21-17-35)36-18-22-39(58-7)23-19-36/h8-23,26,28,30-31,40-42H,24-25,27,29H2,1-7H3,(H,47,53)(H,48,52,54)/t40-,41+,42+,63?/m0/s1. The Labute approximate surface area is 367 Å². The number of amides is 1. The summed E-state index contributed by atoms with van der Waals surface area (Å²) < 4.78 is 42.0. The van der Waals surface area contributed by atoms with Gasteiger partial charge in [-0.25, -0.2) is 9.46 Å². The van der Waals surface area contributed by atoms with Crippen LogP contribution in [0.3, 0.4) is 0 Å². The molecule has 4 aromatic carbocycles. The number of carbonyl (C=O) groups excluding carboxylic acids is 1. The Kier molecular flexibility index (Phi) is 15.7. The van der Waals surface area contributed by atoms with Crippen molar-refractivity contribution in [2.24, 2.45) is 0 Å². The van der Waals surface area contributed by atoms with E-state index in [1.54, 1.807) is 21.1 Å². The minimum Gasteiger partial charge on any atom is -0.497 e.